The second kappa shape index (κ2) is 6.00. The fraction of sp³-hybridized carbons (Fsp3) is 0.500. The Hall–Kier alpha value is -1.95. The van der Waals surface area contributed by atoms with Crippen LogP contribution in [0.1, 0.15) is 24.8 Å². The van der Waals surface area contributed by atoms with E-state index in [-0.39, 0.29) is 23.4 Å². The number of carbonyl (C=O) groups excluding carboxylic acids is 1. The minimum atomic E-state index is -0.465. The molecule has 6 nitrogen and oxygen atoms in total. The maximum absolute atomic E-state index is 12.3. The third kappa shape index (κ3) is 2.96. The van der Waals surface area contributed by atoms with E-state index in [2.05, 4.69) is 5.32 Å². The normalized spacial score (nSPS) is 21.7. The van der Waals surface area contributed by atoms with Gasteiger partial charge in [0.15, 0.2) is 0 Å². The Labute approximate surface area is 117 Å². The minimum absolute atomic E-state index is 0.0207. The molecule has 0 bridgehead atoms. The second-order valence-corrected chi connectivity index (χ2v) is 5.28. The molecular formula is C14H19N3O3. The zero-order chi connectivity index (χ0) is 14.7. The van der Waals surface area contributed by atoms with Crippen molar-refractivity contribution in [1.82, 2.24) is 0 Å². The van der Waals surface area contributed by atoms with Crippen LogP contribution in [0.25, 0.3) is 0 Å². The van der Waals surface area contributed by atoms with E-state index < -0.39 is 4.92 Å². The van der Waals surface area contributed by atoms with Gasteiger partial charge in [-0.05, 0) is 37.8 Å². The van der Waals surface area contributed by atoms with Gasteiger partial charge in [-0.25, -0.2) is 0 Å². The highest BCUT2D eigenvalue weighted by molar-refractivity contribution is 5.94. The molecular weight excluding hydrogens is 258 g/mol. The lowest BCUT2D eigenvalue weighted by atomic mass is 9.95. The van der Waals surface area contributed by atoms with Crippen molar-refractivity contribution in [3.05, 3.63) is 33.9 Å². The Morgan fingerprint density at radius 1 is 1.50 bits per heavy atom. The van der Waals surface area contributed by atoms with E-state index in [4.69, 9.17) is 5.73 Å². The van der Waals surface area contributed by atoms with Crippen LogP contribution in [0.3, 0.4) is 0 Å². The van der Waals surface area contributed by atoms with Gasteiger partial charge in [0, 0.05) is 18.1 Å². The Bertz CT molecular complexity index is 530. The summed E-state index contributed by atoms with van der Waals surface area (Å²) >= 11 is 0. The fourth-order valence-corrected chi connectivity index (χ4v) is 2.75. The summed E-state index contributed by atoms with van der Waals surface area (Å²) < 4.78 is 0. The first-order valence-corrected chi connectivity index (χ1v) is 6.79. The number of anilines is 1. The number of aryl methyl sites for hydroxylation is 1. The first kappa shape index (κ1) is 14.5. The van der Waals surface area contributed by atoms with Crippen LogP contribution in [-0.4, -0.2) is 17.4 Å². The van der Waals surface area contributed by atoms with Crippen molar-refractivity contribution >= 4 is 17.3 Å². The van der Waals surface area contributed by atoms with Gasteiger partial charge in [-0.2, -0.15) is 0 Å². The Balaban J connectivity index is 2.15. The zero-order valence-electron chi connectivity index (χ0n) is 11.5. The summed E-state index contributed by atoms with van der Waals surface area (Å²) in [5.41, 5.74) is 6.98. The maximum Gasteiger partial charge on any atom is 0.271 e. The SMILES string of the molecule is Cc1ccc([N+](=O)[O-])cc1NC(=O)[C@@H]1CCC[C@@H]1CN. The van der Waals surface area contributed by atoms with Gasteiger partial charge >= 0.3 is 0 Å². The number of non-ortho nitro benzene ring substituents is 1. The molecule has 1 saturated carbocycles. The average molecular weight is 277 g/mol. The van der Waals surface area contributed by atoms with Crippen molar-refractivity contribution in [2.45, 2.75) is 26.2 Å². The Kier molecular flexibility index (Phi) is 4.34. The molecule has 1 fully saturated rings. The summed E-state index contributed by atoms with van der Waals surface area (Å²) in [4.78, 5) is 22.6. The predicted molar refractivity (Wildman–Crippen MR) is 76.3 cm³/mol. The molecule has 1 aliphatic rings. The Morgan fingerprint density at radius 3 is 2.90 bits per heavy atom. The number of hydrogen-bond acceptors (Lipinski definition) is 4. The molecule has 0 aromatic heterocycles. The van der Waals surface area contributed by atoms with Crippen LogP contribution in [0.2, 0.25) is 0 Å². The zero-order valence-corrected chi connectivity index (χ0v) is 11.5. The van der Waals surface area contributed by atoms with E-state index in [0.717, 1.165) is 24.8 Å². The molecule has 0 unspecified atom stereocenters. The fourth-order valence-electron chi connectivity index (χ4n) is 2.75. The number of nitrogens with one attached hydrogen (secondary N) is 1. The molecule has 1 aromatic carbocycles. The minimum Gasteiger partial charge on any atom is -0.330 e. The number of nitrogens with zero attached hydrogens (tertiary/aromatic N) is 1. The monoisotopic (exact) mass is 277 g/mol. The Morgan fingerprint density at radius 2 is 2.25 bits per heavy atom. The average Bonchev–Trinajstić information content (AvgIpc) is 2.89. The molecule has 20 heavy (non-hydrogen) atoms. The van der Waals surface area contributed by atoms with Crippen LogP contribution in [0.5, 0.6) is 0 Å². The smallest absolute Gasteiger partial charge is 0.271 e. The topological polar surface area (TPSA) is 98.3 Å². The first-order valence-electron chi connectivity index (χ1n) is 6.79. The van der Waals surface area contributed by atoms with E-state index in [1.807, 2.05) is 6.92 Å². The molecule has 0 aliphatic heterocycles. The summed E-state index contributed by atoms with van der Waals surface area (Å²) in [5.74, 6) is 0.0502. The summed E-state index contributed by atoms with van der Waals surface area (Å²) in [5, 5.41) is 13.6. The van der Waals surface area contributed by atoms with Crippen molar-refractivity contribution in [3.8, 4) is 0 Å². The van der Waals surface area contributed by atoms with E-state index in [0.29, 0.717) is 12.2 Å². The number of nitro benzene ring substituents is 1. The van der Waals surface area contributed by atoms with Gasteiger partial charge in [-0.1, -0.05) is 12.5 Å². The third-order valence-electron chi connectivity index (χ3n) is 3.99. The molecule has 108 valence electrons. The number of nitrogens with two attached hydrogens (primary N) is 1. The highest BCUT2D eigenvalue weighted by atomic mass is 16.6. The van der Waals surface area contributed by atoms with Gasteiger partial charge in [0.2, 0.25) is 5.91 Å². The summed E-state index contributed by atoms with van der Waals surface area (Å²) in [7, 11) is 0. The molecule has 1 amide bonds. The van der Waals surface area contributed by atoms with Crippen LogP contribution < -0.4 is 11.1 Å². The van der Waals surface area contributed by atoms with Crippen molar-refractivity contribution in [3.63, 3.8) is 0 Å². The van der Waals surface area contributed by atoms with Gasteiger partial charge < -0.3 is 11.1 Å². The largest absolute Gasteiger partial charge is 0.330 e. The quantitative estimate of drug-likeness (QED) is 0.651. The maximum atomic E-state index is 12.3. The number of carbonyl (C=O) groups is 1. The number of amides is 1. The third-order valence-corrected chi connectivity index (χ3v) is 3.99. The van der Waals surface area contributed by atoms with E-state index in [1.54, 1.807) is 6.07 Å². The lowest BCUT2D eigenvalue weighted by molar-refractivity contribution is -0.384. The lowest BCUT2D eigenvalue weighted by Gasteiger charge is -2.18. The molecule has 0 heterocycles. The molecule has 0 spiro atoms. The molecule has 1 aliphatic carbocycles. The summed E-state index contributed by atoms with van der Waals surface area (Å²) in [6.45, 7) is 2.32. The number of hydrogen-bond donors (Lipinski definition) is 2. The standard InChI is InChI=1S/C14H19N3O3/c1-9-5-6-11(17(19)20)7-13(9)16-14(18)12-4-2-3-10(12)8-15/h5-7,10,12H,2-4,8,15H2,1H3,(H,16,18)/t10-,12-/m1/s1. The van der Waals surface area contributed by atoms with Gasteiger partial charge in [0.05, 0.1) is 10.6 Å². The molecule has 2 rings (SSSR count). The van der Waals surface area contributed by atoms with Crippen molar-refractivity contribution in [2.24, 2.45) is 17.6 Å². The summed E-state index contributed by atoms with van der Waals surface area (Å²) in [6.07, 6.45) is 2.82. The van der Waals surface area contributed by atoms with Crippen LogP contribution in [0.4, 0.5) is 11.4 Å². The van der Waals surface area contributed by atoms with Crippen LogP contribution in [0, 0.1) is 28.9 Å². The molecule has 0 saturated heterocycles. The van der Waals surface area contributed by atoms with Gasteiger partial charge in [-0.15, -0.1) is 0 Å². The predicted octanol–water partition coefficient (Wildman–Crippen LogP) is 2.22. The highest BCUT2D eigenvalue weighted by Crippen LogP contribution is 2.32. The van der Waals surface area contributed by atoms with Crippen molar-refractivity contribution in [2.75, 3.05) is 11.9 Å². The molecule has 0 radical (unpaired) electrons. The number of rotatable bonds is 4. The van der Waals surface area contributed by atoms with E-state index in [9.17, 15) is 14.9 Å². The molecule has 6 heteroatoms. The number of benzene rings is 1. The molecule has 2 atom stereocenters. The van der Waals surface area contributed by atoms with Crippen LogP contribution in [0.15, 0.2) is 18.2 Å². The van der Waals surface area contributed by atoms with Crippen LogP contribution in [-0.2, 0) is 4.79 Å². The van der Waals surface area contributed by atoms with Gasteiger partial charge in [-0.3, -0.25) is 14.9 Å². The van der Waals surface area contributed by atoms with Crippen molar-refractivity contribution in [1.29, 1.82) is 0 Å². The van der Waals surface area contributed by atoms with Gasteiger partial charge in [0.25, 0.3) is 5.69 Å². The highest BCUT2D eigenvalue weighted by Gasteiger charge is 2.32. The van der Waals surface area contributed by atoms with E-state index in [1.165, 1.54) is 12.1 Å². The lowest BCUT2D eigenvalue weighted by Crippen LogP contribution is -2.30. The summed E-state index contributed by atoms with van der Waals surface area (Å²) in [6, 6.07) is 4.48. The van der Waals surface area contributed by atoms with E-state index >= 15 is 0 Å². The first-order chi connectivity index (χ1) is 9.52. The van der Waals surface area contributed by atoms with Crippen LogP contribution >= 0.6 is 0 Å². The van der Waals surface area contributed by atoms with Crippen molar-refractivity contribution < 1.29 is 9.72 Å². The molecule has 3 N–H and O–H groups in total. The number of nitro groups is 1. The molecule has 1 aromatic rings. The second-order valence-electron chi connectivity index (χ2n) is 5.28. The van der Waals surface area contributed by atoms with Gasteiger partial charge in [0.1, 0.15) is 0 Å².